The number of hydrogen-bond donors (Lipinski definition) is 1. The molecular formula is C15H18N2O5S. The Balaban J connectivity index is 2.43. The summed E-state index contributed by atoms with van der Waals surface area (Å²) in [4.78, 5) is 10.1. The van der Waals surface area contributed by atoms with Crippen molar-refractivity contribution in [3.8, 4) is 0 Å². The summed E-state index contributed by atoms with van der Waals surface area (Å²) in [5.74, 6) is 1.50. The molecule has 0 fully saturated rings. The topological polar surface area (TPSA) is 102 Å². The Bertz CT molecular complexity index is 855. The van der Waals surface area contributed by atoms with Crippen LogP contribution in [0.4, 0.5) is 11.4 Å². The molecule has 0 radical (unpaired) electrons. The van der Waals surface area contributed by atoms with Crippen molar-refractivity contribution >= 4 is 21.2 Å². The number of hydrogen-bond acceptors (Lipinski definition) is 6. The number of sulfone groups is 1. The molecule has 23 heavy (non-hydrogen) atoms. The molecule has 1 atom stereocenters. The summed E-state index contributed by atoms with van der Waals surface area (Å²) >= 11 is 0. The molecular weight excluding hydrogens is 320 g/mol. The van der Waals surface area contributed by atoms with Gasteiger partial charge in [-0.1, -0.05) is 0 Å². The molecule has 124 valence electrons. The van der Waals surface area contributed by atoms with Crippen LogP contribution in [0.3, 0.4) is 0 Å². The van der Waals surface area contributed by atoms with E-state index < -0.39 is 14.8 Å². The zero-order valence-corrected chi connectivity index (χ0v) is 14.1. The van der Waals surface area contributed by atoms with Crippen LogP contribution in [-0.4, -0.2) is 19.6 Å². The maximum atomic E-state index is 11.9. The van der Waals surface area contributed by atoms with Gasteiger partial charge >= 0.3 is 0 Å². The lowest BCUT2D eigenvalue weighted by atomic mass is 10.1. The van der Waals surface area contributed by atoms with Crippen LogP contribution in [0.15, 0.2) is 33.6 Å². The fourth-order valence-corrected chi connectivity index (χ4v) is 3.30. The summed E-state index contributed by atoms with van der Waals surface area (Å²) in [5.41, 5.74) is 0.961. The van der Waals surface area contributed by atoms with Crippen molar-refractivity contribution in [1.82, 2.24) is 0 Å². The van der Waals surface area contributed by atoms with Crippen molar-refractivity contribution in [2.24, 2.45) is 0 Å². The second kappa shape index (κ2) is 6.04. The van der Waals surface area contributed by atoms with E-state index in [0.29, 0.717) is 5.69 Å². The fourth-order valence-electron chi connectivity index (χ4n) is 2.44. The third-order valence-electron chi connectivity index (χ3n) is 3.49. The number of nitro groups is 1. The lowest BCUT2D eigenvalue weighted by Gasteiger charge is -2.17. The van der Waals surface area contributed by atoms with Gasteiger partial charge in [0.25, 0.3) is 5.69 Å². The number of rotatable bonds is 5. The molecule has 1 aromatic heterocycles. The van der Waals surface area contributed by atoms with Gasteiger partial charge in [-0.2, -0.15) is 0 Å². The minimum atomic E-state index is -3.61. The van der Waals surface area contributed by atoms with Crippen LogP contribution in [0.25, 0.3) is 0 Å². The molecule has 1 aromatic carbocycles. The number of benzene rings is 1. The molecule has 0 aliphatic carbocycles. The number of furan rings is 1. The van der Waals surface area contributed by atoms with E-state index in [2.05, 4.69) is 5.32 Å². The molecule has 1 heterocycles. The zero-order valence-electron chi connectivity index (χ0n) is 13.3. The first-order chi connectivity index (χ1) is 10.6. The SMILES string of the molecule is Cc1cc(C(C)Nc2ccc([N+](=O)[O-])cc2S(C)(=O)=O)c(C)o1. The summed E-state index contributed by atoms with van der Waals surface area (Å²) < 4.78 is 29.3. The van der Waals surface area contributed by atoms with Gasteiger partial charge in [0.2, 0.25) is 0 Å². The van der Waals surface area contributed by atoms with Gasteiger partial charge in [0.1, 0.15) is 11.5 Å². The van der Waals surface area contributed by atoms with Gasteiger partial charge in [0.05, 0.1) is 21.5 Å². The zero-order chi connectivity index (χ0) is 17.4. The van der Waals surface area contributed by atoms with Gasteiger partial charge in [-0.15, -0.1) is 0 Å². The van der Waals surface area contributed by atoms with E-state index in [1.54, 1.807) is 0 Å². The first-order valence-corrected chi connectivity index (χ1v) is 8.80. The van der Waals surface area contributed by atoms with Gasteiger partial charge in [0.15, 0.2) is 9.84 Å². The number of aryl methyl sites for hydroxylation is 2. The third kappa shape index (κ3) is 3.70. The van der Waals surface area contributed by atoms with Crippen LogP contribution in [0.2, 0.25) is 0 Å². The highest BCUT2D eigenvalue weighted by molar-refractivity contribution is 7.90. The smallest absolute Gasteiger partial charge is 0.270 e. The molecule has 0 aliphatic heterocycles. The normalized spacial score (nSPS) is 12.9. The number of nitro benzene ring substituents is 1. The van der Waals surface area contributed by atoms with Crippen LogP contribution in [0, 0.1) is 24.0 Å². The molecule has 2 rings (SSSR count). The van der Waals surface area contributed by atoms with E-state index in [0.717, 1.165) is 29.4 Å². The third-order valence-corrected chi connectivity index (χ3v) is 4.63. The van der Waals surface area contributed by atoms with E-state index >= 15 is 0 Å². The summed E-state index contributed by atoms with van der Waals surface area (Å²) in [6.45, 7) is 5.52. The maximum Gasteiger partial charge on any atom is 0.270 e. The summed E-state index contributed by atoms with van der Waals surface area (Å²) in [6, 6.07) is 5.41. The number of non-ortho nitro benzene ring substituents is 1. The largest absolute Gasteiger partial charge is 0.466 e. The van der Waals surface area contributed by atoms with Crippen molar-refractivity contribution in [2.45, 2.75) is 31.7 Å². The molecule has 7 nitrogen and oxygen atoms in total. The fraction of sp³-hybridized carbons (Fsp3) is 0.333. The van der Waals surface area contributed by atoms with Crippen molar-refractivity contribution in [2.75, 3.05) is 11.6 Å². The first-order valence-electron chi connectivity index (χ1n) is 6.91. The Morgan fingerprint density at radius 2 is 1.91 bits per heavy atom. The highest BCUT2D eigenvalue weighted by Gasteiger charge is 2.21. The number of anilines is 1. The number of nitrogens with zero attached hydrogens (tertiary/aromatic N) is 1. The first kappa shape index (κ1) is 17.0. The Morgan fingerprint density at radius 1 is 1.26 bits per heavy atom. The average molecular weight is 338 g/mol. The molecule has 0 saturated carbocycles. The highest BCUT2D eigenvalue weighted by Crippen LogP contribution is 2.31. The summed E-state index contributed by atoms with van der Waals surface area (Å²) in [6.07, 6.45) is 1.02. The molecule has 8 heteroatoms. The van der Waals surface area contributed by atoms with Crippen LogP contribution < -0.4 is 5.32 Å². The van der Waals surface area contributed by atoms with Crippen LogP contribution in [0.1, 0.15) is 30.0 Å². The highest BCUT2D eigenvalue weighted by atomic mass is 32.2. The predicted octanol–water partition coefficient (Wildman–Crippen LogP) is 3.38. The van der Waals surface area contributed by atoms with E-state index in [4.69, 9.17) is 4.42 Å². The van der Waals surface area contributed by atoms with Crippen molar-refractivity contribution in [3.63, 3.8) is 0 Å². The Kier molecular flexibility index (Phi) is 4.46. The molecule has 0 spiro atoms. The van der Waals surface area contributed by atoms with Gasteiger partial charge in [-0.25, -0.2) is 8.42 Å². The quantitative estimate of drug-likeness (QED) is 0.662. The van der Waals surface area contributed by atoms with E-state index in [9.17, 15) is 18.5 Å². The van der Waals surface area contributed by atoms with Gasteiger partial charge in [-0.05, 0) is 32.9 Å². The minimum Gasteiger partial charge on any atom is -0.466 e. The van der Waals surface area contributed by atoms with Gasteiger partial charge in [0, 0.05) is 24.0 Å². The molecule has 0 amide bonds. The molecule has 2 aromatic rings. The van der Waals surface area contributed by atoms with Gasteiger partial charge in [-0.3, -0.25) is 10.1 Å². The molecule has 1 unspecified atom stereocenters. The Morgan fingerprint density at radius 3 is 2.39 bits per heavy atom. The Hall–Kier alpha value is -2.35. The van der Waals surface area contributed by atoms with E-state index in [-0.39, 0.29) is 16.6 Å². The van der Waals surface area contributed by atoms with Crippen LogP contribution in [-0.2, 0) is 9.84 Å². The summed E-state index contributed by atoms with van der Waals surface area (Å²) in [7, 11) is -3.61. The lowest BCUT2D eigenvalue weighted by molar-refractivity contribution is -0.385. The summed E-state index contributed by atoms with van der Waals surface area (Å²) in [5, 5.41) is 14.0. The standard InChI is InChI=1S/C15H18N2O5S/c1-9-7-13(11(3)22-9)10(2)16-14-6-5-12(17(18)19)8-15(14)23(4,20)21/h5-8,10,16H,1-4H3. The minimum absolute atomic E-state index is 0.101. The van der Waals surface area contributed by atoms with Crippen molar-refractivity contribution in [1.29, 1.82) is 0 Å². The average Bonchev–Trinajstić information content (AvgIpc) is 2.76. The molecule has 0 aliphatic rings. The lowest BCUT2D eigenvalue weighted by Crippen LogP contribution is -2.11. The van der Waals surface area contributed by atoms with Crippen LogP contribution in [0.5, 0.6) is 0 Å². The maximum absolute atomic E-state index is 11.9. The predicted molar refractivity (Wildman–Crippen MR) is 86.4 cm³/mol. The molecule has 0 bridgehead atoms. The van der Waals surface area contributed by atoms with Gasteiger partial charge < -0.3 is 9.73 Å². The Labute approximate surface area is 134 Å². The second-order valence-corrected chi connectivity index (χ2v) is 7.43. The number of nitrogens with one attached hydrogen (secondary N) is 1. The second-order valence-electron chi connectivity index (χ2n) is 5.44. The van der Waals surface area contributed by atoms with E-state index in [1.165, 1.54) is 12.1 Å². The molecule has 1 N–H and O–H groups in total. The van der Waals surface area contributed by atoms with E-state index in [1.807, 2.05) is 26.8 Å². The monoisotopic (exact) mass is 338 g/mol. The molecule has 0 saturated heterocycles. The van der Waals surface area contributed by atoms with Crippen molar-refractivity contribution in [3.05, 3.63) is 51.5 Å². The van der Waals surface area contributed by atoms with Crippen LogP contribution >= 0.6 is 0 Å². The van der Waals surface area contributed by atoms with Crippen molar-refractivity contribution < 1.29 is 17.8 Å².